The van der Waals surface area contributed by atoms with E-state index >= 15 is 0 Å². The molecule has 0 aliphatic carbocycles. The predicted molar refractivity (Wildman–Crippen MR) is 121 cm³/mol. The van der Waals surface area contributed by atoms with E-state index < -0.39 is 0 Å². The second kappa shape index (κ2) is 9.20. The normalized spacial score (nSPS) is 11.0. The highest BCUT2D eigenvalue weighted by atomic mass is 19.1. The molecule has 0 fully saturated rings. The summed E-state index contributed by atoms with van der Waals surface area (Å²) in [5.41, 5.74) is 4.33. The summed E-state index contributed by atoms with van der Waals surface area (Å²) in [4.78, 5) is 14.8. The molecule has 1 aromatic heterocycles. The molecule has 7 heteroatoms. The first-order chi connectivity index (χ1) is 15.5. The van der Waals surface area contributed by atoms with Crippen molar-refractivity contribution in [3.8, 4) is 16.9 Å². The molecule has 1 amide bonds. The highest BCUT2D eigenvalue weighted by Gasteiger charge is 2.17. The van der Waals surface area contributed by atoms with E-state index in [-0.39, 0.29) is 18.3 Å². The van der Waals surface area contributed by atoms with Crippen LogP contribution in [0.1, 0.15) is 28.4 Å². The minimum atomic E-state index is -0.333. The van der Waals surface area contributed by atoms with Crippen molar-refractivity contribution in [2.24, 2.45) is 0 Å². The van der Waals surface area contributed by atoms with Gasteiger partial charge in [0.1, 0.15) is 11.6 Å². The molecular weight excluding hydrogens is 409 g/mol. The van der Waals surface area contributed by atoms with Crippen LogP contribution in [0.3, 0.4) is 0 Å². The number of carbonyl (C=O) groups excluding carboxylic acids is 1. The number of aromatic nitrogens is 2. The number of halogens is 1. The van der Waals surface area contributed by atoms with Gasteiger partial charge < -0.3 is 14.7 Å². The van der Waals surface area contributed by atoms with Gasteiger partial charge in [-0.3, -0.25) is 9.89 Å². The number of aromatic amines is 1. The average Bonchev–Trinajstić information content (AvgIpc) is 3.27. The highest BCUT2D eigenvalue weighted by molar-refractivity contribution is 5.96. The Morgan fingerprint density at radius 3 is 2.78 bits per heavy atom. The second-order valence-corrected chi connectivity index (χ2v) is 7.56. The van der Waals surface area contributed by atoms with Crippen LogP contribution in [0.4, 0.5) is 4.39 Å². The zero-order valence-corrected chi connectivity index (χ0v) is 17.9. The maximum Gasteiger partial charge on any atom is 0.254 e. The lowest BCUT2D eigenvalue weighted by molar-refractivity contribution is 0.0785. The van der Waals surface area contributed by atoms with Gasteiger partial charge in [-0.25, -0.2) is 4.39 Å². The van der Waals surface area contributed by atoms with Gasteiger partial charge in [0.25, 0.3) is 5.91 Å². The van der Waals surface area contributed by atoms with Crippen molar-refractivity contribution < 1.29 is 19.0 Å². The van der Waals surface area contributed by atoms with Crippen molar-refractivity contribution in [3.63, 3.8) is 0 Å². The Morgan fingerprint density at radius 1 is 1.19 bits per heavy atom. The van der Waals surface area contributed by atoms with Gasteiger partial charge in [0.2, 0.25) is 0 Å². The first-order valence-electron chi connectivity index (χ1n) is 10.3. The number of fused-ring (bicyclic) bond motifs is 1. The van der Waals surface area contributed by atoms with Crippen LogP contribution >= 0.6 is 0 Å². The van der Waals surface area contributed by atoms with E-state index in [1.807, 2.05) is 19.1 Å². The number of nitrogens with zero attached hydrogens (tertiary/aromatic N) is 2. The van der Waals surface area contributed by atoms with Crippen molar-refractivity contribution in [3.05, 3.63) is 83.3 Å². The van der Waals surface area contributed by atoms with Gasteiger partial charge >= 0.3 is 0 Å². The number of rotatable bonds is 7. The van der Waals surface area contributed by atoms with Gasteiger partial charge in [-0.2, -0.15) is 5.10 Å². The molecule has 0 saturated carbocycles. The van der Waals surface area contributed by atoms with Crippen LogP contribution in [0.25, 0.3) is 22.0 Å². The first-order valence-corrected chi connectivity index (χ1v) is 10.3. The third kappa shape index (κ3) is 4.33. The van der Waals surface area contributed by atoms with E-state index in [4.69, 9.17) is 4.74 Å². The van der Waals surface area contributed by atoms with E-state index in [1.165, 1.54) is 12.1 Å². The van der Waals surface area contributed by atoms with E-state index in [0.29, 0.717) is 30.0 Å². The maximum absolute atomic E-state index is 13.7. The van der Waals surface area contributed by atoms with Gasteiger partial charge in [-0.15, -0.1) is 0 Å². The Kier molecular flexibility index (Phi) is 6.18. The zero-order valence-electron chi connectivity index (χ0n) is 17.9. The lowest BCUT2D eigenvalue weighted by Gasteiger charge is -2.19. The van der Waals surface area contributed by atoms with E-state index in [9.17, 15) is 14.3 Å². The molecule has 0 unspecified atom stereocenters. The number of carbonyl (C=O) groups is 1. The van der Waals surface area contributed by atoms with Crippen molar-refractivity contribution in [1.82, 2.24) is 15.1 Å². The topological polar surface area (TPSA) is 78.4 Å². The number of nitrogens with one attached hydrogen (secondary N) is 1. The number of hydrogen-bond donors (Lipinski definition) is 2. The quantitative estimate of drug-likeness (QED) is 0.449. The van der Waals surface area contributed by atoms with E-state index in [2.05, 4.69) is 10.2 Å². The molecule has 0 aliphatic rings. The number of aliphatic hydroxyl groups excluding tert-OH is 1. The van der Waals surface area contributed by atoms with E-state index in [1.54, 1.807) is 48.5 Å². The molecule has 164 valence electrons. The molecule has 0 saturated heterocycles. The molecule has 0 atom stereocenters. The Morgan fingerprint density at radius 2 is 2.03 bits per heavy atom. The molecule has 1 heterocycles. The molecule has 4 rings (SSSR count). The molecule has 0 bridgehead atoms. The summed E-state index contributed by atoms with van der Waals surface area (Å²) in [6.07, 6.45) is 1.69. The maximum atomic E-state index is 13.7. The second-order valence-electron chi connectivity index (χ2n) is 7.56. The van der Waals surface area contributed by atoms with Crippen molar-refractivity contribution in [1.29, 1.82) is 0 Å². The molecule has 0 aliphatic heterocycles. The molecule has 32 heavy (non-hydrogen) atoms. The number of ether oxygens (including phenoxy) is 1. The molecular formula is C25H24FN3O3. The fraction of sp³-hybridized carbons (Fsp3) is 0.200. The van der Waals surface area contributed by atoms with Crippen molar-refractivity contribution in [2.45, 2.75) is 20.1 Å². The van der Waals surface area contributed by atoms with Gasteiger partial charge in [-0.05, 0) is 66.1 Å². The predicted octanol–water partition coefficient (Wildman–Crippen LogP) is 4.53. The van der Waals surface area contributed by atoms with Crippen molar-refractivity contribution in [2.75, 3.05) is 13.7 Å². The van der Waals surface area contributed by atoms with Crippen LogP contribution in [0.5, 0.6) is 5.75 Å². The fourth-order valence-electron chi connectivity index (χ4n) is 3.79. The summed E-state index contributed by atoms with van der Waals surface area (Å²) in [7, 11) is 1.72. The highest BCUT2D eigenvalue weighted by Crippen LogP contribution is 2.32. The third-order valence-electron chi connectivity index (χ3n) is 5.29. The van der Waals surface area contributed by atoms with Crippen LogP contribution in [0.2, 0.25) is 0 Å². The summed E-state index contributed by atoms with van der Waals surface area (Å²) in [5.74, 6) is 0.00876. The van der Waals surface area contributed by atoms with Crippen LogP contribution in [-0.4, -0.2) is 39.8 Å². The van der Waals surface area contributed by atoms with Crippen LogP contribution in [0.15, 0.2) is 60.8 Å². The van der Waals surface area contributed by atoms with Gasteiger partial charge in [0.15, 0.2) is 0 Å². The Hall–Kier alpha value is -3.71. The SMILES string of the molecule is CCOc1cc(C(=O)N(C)Cc2cc(CO)cc3cn[nH]c23)ccc1-c1cccc(F)c1. The lowest BCUT2D eigenvalue weighted by atomic mass is 10.0. The molecule has 2 N–H and O–H groups in total. The molecule has 3 aromatic carbocycles. The standard InChI is InChI=1S/C25H24FN3O3/c1-3-32-23-12-18(7-8-22(23)17-5-4-6-21(26)11-17)25(31)29(2)14-20-10-16(15-30)9-19-13-27-28-24(19)20/h4-13,30H,3,14-15H2,1-2H3,(H,27,28). The summed E-state index contributed by atoms with van der Waals surface area (Å²) < 4.78 is 19.5. The number of benzene rings is 3. The van der Waals surface area contributed by atoms with Gasteiger partial charge in [0, 0.05) is 30.1 Å². The Labute approximate surface area is 185 Å². The number of hydrogen-bond acceptors (Lipinski definition) is 4. The molecule has 0 spiro atoms. The smallest absolute Gasteiger partial charge is 0.254 e. The fourth-order valence-corrected chi connectivity index (χ4v) is 3.79. The zero-order chi connectivity index (χ0) is 22.7. The molecule has 6 nitrogen and oxygen atoms in total. The van der Waals surface area contributed by atoms with Gasteiger partial charge in [-0.1, -0.05) is 12.1 Å². The number of H-pyrrole nitrogens is 1. The monoisotopic (exact) mass is 433 g/mol. The Bertz CT molecular complexity index is 1270. The molecule has 4 aromatic rings. The Balaban J connectivity index is 1.63. The van der Waals surface area contributed by atoms with Crippen molar-refractivity contribution >= 4 is 16.8 Å². The summed E-state index contributed by atoms with van der Waals surface area (Å²) in [6.45, 7) is 2.52. The number of amides is 1. The van der Waals surface area contributed by atoms with Gasteiger partial charge in [0.05, 0.1) is 24.9 Å². The van der Waals surface area contributed by atoms with Crippen LogP contribution < -0.4 is 4.74 Å². The average molecular weight is 433 g/mol. The minimum absolute atomic E-state index is 0.0922. The number of aliphatic hydroxyl groups is 1. The third-order valence-corrected chi connectivity index (χ3v) is 5.29. The largest absolute Gasteiger partial charge is 0.493 e. The lowest BCUT2D eigenvalue weighted by Crippen LogP contribution is -2.26. The molecule has 0 radical (unpaired) electrons. The van der Waals surface area contributed by atoms with Crippen LogP contribution in [-0.2, 0) is 13.2 Å². The first kappa shape index (κ1) is 21.5. The van der Waals surface area contributed by atoms with Crippen LogP contribution in [0, 0.1) is 5.82 Å². The minimum Gasteiger partial charge on any atom is -0.493 e. The summed E-state index contributed by atoms with van der Waals surface area (Å²) in [5, 5.41) is 17.5. The summed E-state index contributed by atoms with van der Waals surface area (Å²) >= 11 is 0. The summed E-state index contributed by atoms with van der Waals surface area (Å²) in [6, 6.07) is 15.2. The van der Waals surface area contributed by atoms with E-state index in [0.717, 1.165) is 27.6 Å².